The Morgan fingerprint density at radius 2 is 1.43 bits per heavy atom. The average molecular weight is 470 g/mol. The van der Waals surface area contributed by atoms with E-state index in [2.05, 4.69) is 4.40 Å². The number of sulfonamides is 2. The molecule has 162 valence electrons. The van der Waals surface area contributed by atoms with Crippen LogP contribution in [0.2, 0.25) is 0 Å². The van der Waals surface area contributed by atoms with Crippen LogP contribution >= 0.6 is 11.6 Å². The van der Waals surface area contributed by atoms with E-state index in [1.165, 1.54) is 16.4 Å². The minimum absolute atomic E-state index is 0.00875. The summed E-state index contributed by atoms with van der Waals surface area (Å²) in [6, 6.07) is 13.0. The van der Waals surface area contributed by atoms with Gasteiger partial charge in [-0.2, -0.15) is 12.7 Å². The van der Waals surface area contributed by atoms with Gasteiger partial charge in [0.25, 0.3) is 10.0 Å². The van der Waals surface area contributed by atoms with Crippen LogP contribution in [0.3, 0.4) is 0 Å². The molecular formula is C20H24ClN3O4S2. The van der Waals surface area contributed by atoms with Crippen molar-refractivity contribution >= 4 is 37.5 Å². The maximum Gasteiger partial charge on any atom is 0.283 e. The van der Waals surface area contributed by atoms with E-state index in [9.17, 15) is 16.8 Å². The van der Waals surface area contributed by atoms with Crippen molar-refractivity contribution in [1.82, 2.24) is 9.21 Å². The second-order valence-corrected chi connectivity index (χ2v) is 11.0. The number of hydrogen-bond acceptors (Lipinski definition) is 4. The number of nitrogens with zero attached hydrogens (tertiary/aromatic N) is 3. The number of benzene rings is 2. The lowest BCUT2D eigenvalue weighted by molar-refractivity contribution is 0.222. The fraction of sp³-hybridized carbons (Fsp3) is 0.350. The Morgan fingerprint density at radius 3 is 1.97 bits per heavy atom. The lowest BCUT2D eigenvalue weighted by Gasteiger charge is -2.36. The molecule has 1 saturated heterocycles. The van der Waals surface area contributed by atoms with Crippen molar-refractivity contribution in [2.75, 3.05) is 25.6 Å². The molecule has 0 aliphatic carbocycles. The number of hydrogen-bond donors (Lipinski definition) is 0. The van der Waals surface area contributed by atoms with Gasteiger partial charge in [0.15, 0.2) is 0 Å². The molecule has 0 unspecified atom stereocenters. The van der Waals surface area contributed by atoms with E-state index in [1.54, 1.807) is 41.3 Å². The number of amidine groups is 1. The smallest absolute Gasteiger partial charge is 0.283 e. The molecule has 1 aliphatic rings. The van der Waals surface area contributed by atoms with Gasteiger partial charge in [0.1, 0.15) is 5.84 Å². The summed E-state index contributed by atoms with van der Waals surface area (Å²) in [5.74, 6) is -0.0233. The van der Waals surface area contributed by atoms with Gasteiger partial charge in [-0.25, -0.2) is 8.42 Å². The molecule has 0 amide bonds. The first-order valence-electron chi connectivity index (χ1n) is 9.42. The van der Waals surface area contributed by atoms with Crippen LogP contribution < -0.4 is 0 Å². The normalized spacial score (nSPS) is 16.6. The first-order chi connectivity index (χ1) is 14.1. The summed E-state index contributed by atoms with van der Waals surface area (Å²) < 4.78 is 56.6. The molecule has 1 heterocycles. The van der Waals surface area contributed by atoms with Crippen molar-refractivity contribution in [2.24, 2.45) is 4.40 Å². The van der Waals surface area contributed by atoms with Crippen LogP contribution in [0, 0.1) is 13.8 Å². The fourth-order valence-electron chi connectivity index (χ4n) is 3.10. The maximum atomic E-state index is 13.0. The Morgan fingerprint density at radius 1 is 0.900 bits per heavy atom. The molecule has 0 bridgehead atoms. The van der Waals surface area contributed by atoms with Gasteiger partial charge in [0, 0.05) is 13.1 Å². The predicted octanol–water partition coefficient (Wildman–Crippen LogP) is 2.98. The summed E-state index contributed by atoms with van der Waals surface area (Å²) >= 11 is 6.01. The van der Waals surface area contributed by atoms with Gasteiger partial charge in [0.2, 0.25) is 10.0 Å². The zero-order valence-corrected chi connectivity index (χ0v) is 19.2. The molecule has 0 atom stereocenters. The molecular weight excluding hydrogens is 446 g/mol. The summed E-state index contributed by atoms with van der Waals surface area (Å²) in [7, 11) is -7.66. The van der Waals surface area contributed by atoms with Crippen LogP contribution in [-0.2, 0) is 20.0 Å². The second-order valence-electron chi connectivity index (χ2n) is 7.18. The molecule has 1 fully saturated rings. The highest BCUT2D eigenvalue weighted by Gasteiger charge is 2.31. The predicted molar refractivity (Wildman–Crippen MR) is 118 cm³/mol. The molecule has 2 aromatic rings. The summed E-state index contributed by atoms with van der Waals surface area (Å²) in [4.78, 5) is 1.87. The van der Waals surface area contributed by atoms with E-state index < -0.39 is 20.0 Å². The van der Waals surface area contributed by atoms with Crippen molar-refractivity contribution in [2.45, 2.75) is 30.1 Å². The van der Waals surface area contributed by atoms with Crippen molar-refractivity contribution < 1.29 is 16.8 Å². The SMILES string of the molecule is Cc1ccc(S(=O)(=O)/N=C(\CCl)N2CCCN(S(=O)(=O)c3ccc(C)cc3)C2)cc1. The number of alkyl halides is 1. The molecule has 3 rings (SSSR count). The molecule has 30 heavy (non-hydrogen) atoms. The van der Waals surface area contributed by atoms with Gasteiger partial charge in [-0.3, -0.25) is 0 Å². The van der Waals surface area contributed by atoms with Crippen LogP contribution in [0.1, 0.15) is 17.5 Å². The first-order valence-corrected chi connectivity index (χ1v) is 12.8. The van der Waals surface area contributed by atoms with Gasteiger partial charge < -0.3 is 4.90 Å². The highest BCUT2D eigenvalue weighted by molar-refractivity contribution is 7.90. The highest BCUT2D eigenvalue weighted by Crippen LogP contribution is 2.21. The third-order valence-electron chi connectivity index (χ3n) is 4.85. The third-order valence-corrected chi connectivity index (χ3v) is 8.26. The van der Waals surface area contributed by atoms with E-state index in [0.29, 0.717) is 19.5 Å². The fourth-order valence-corrected chi connectivity index (χ4v) is 5.89. The third kappa shape index (κ3) is 5.03. The van der Waals surface area contributed by atoms with Crippen molar-refractivity contribution in [1.29, 1.82) is 0 Å². The van der Waals surface area contributed by atoms with Crippen LogP contribution in [0.25, 0.3) is 0 Å². The van der Waals surface area contributed by atoms with E-state index in [4.69, 9.17) is 11.6 Å². The number of aryl methyl sites for hydroxylation is 2. The summed E-state index contributed by atoms with van der Waals surface area (Å²) in [5, 5.41) is 0. The Kier molecular flexibility index (Phi) is 6.86. The summed E-state index contributed by atoms with van der Waals surface area (Å²) in [6.45, 7) is 4.55. The molecule has 7 nitrogen and oxygen atoms in total. The Labute approximate surface area is 183 Å². The minimum atomic E-state index is -3.95. The lowest BCUT2D eigenvalue weighted by atomic mass is 10.2. The lowest BCUT2D eigenvalue weighted by Crippen LogP contribution is -2.50. The highest BCUT2D eigenvalue weighted by atomic mass is 35.5. The molecule has 1 aliphatic heterocycles. The first kappa shape index (κ1) is 22.7. The minimum Gasteiger partial charge on any atom is -0.344 e. The Hall–Kier alpha value is -1.94. The van der Waals surface area contributed by atoms with Gasteiger partial charge >= 0.3 is 0 Å². The largest absolute Gasteiger partial charge is 0.344 e. The van der Waals surface area contributed by atoms with Crippen molar-refractivity contribution in [3.63, 3.8) is 0 Å². The van der Waals surface area contributed by atoms with Crippen molar-refractivity contribution in [3.05, 3.63) is 59.7 Å². The second kappa shape index (κ2) is 9.05. The van der Waals surface area contributed by atoms with Crippen LogP contribution in [0.15, 0.2) is 62.7 Å². The Bertz CT molecular complexity index is 1130. The zero-order chi connectivity index (χ0) is 21.9. The summed E-state index contributed by atoms with van der Waals surface area (Å²) in [6.07, 6.45) is 0.533. The van der Waals surface area contributed by atoms with Crippen LogP contribution in [0.5, 0.6) is 0 Å². The van der Waals surface area contributed by atoms with E-state index in [-0.39, 0.29) is 28.2 Å². The molecule has 0 radical (unpaired) electrons. The molecule has 0 saturated carbocycles. The summed E-state index contributed by atoms with van der Waals surface area (Å²) in [5.41, 5.74) is 1.90. The van der Waals surface area contributed by atoms with Gasteiger partial charge in [-0.1, -0.05) is 35.4 Å². The molecule has 0 spiro atoms. The van der Waals surface area contributed by atoms with E-state index in [0.717, 1.165) is 11.1 Å². The quantitative estimate of drug-likeness (QED) is 0.381. The van der Waals surface area contributed by atoms with Crippen LogP contribution in [-0.4, -0.2) is 57.5 Å². The zero-order valence-electron chi connectivity index (χ0n) is 16.8. The van der Waals surface area contributed by atoms with Gasteiger partial charge in [-0.05, 0) is 44.5 Å². The average Bonchev–Trinajstić information content (AvgIpc) is 2.73. The van der Waals surface area contributed by atoms with Crippen LogP contribution in [0.4, 0.5) is 0 Å². The monoisotopic (exact) mass is 469 g/mol. The van der Waals surface area contributed by atoms with Gasteiger partial charge in [0.05, 0.1) is 22.3 Å². The maximum absolute atomic E-state index is 13.0. The molecule has 2 aromatic carbocycles. The number of rotatable bonds is 5. The van der Waals surface area contributed by atoms with Crippen molar-refractivity contribution in [3.8, 4) is 0 Å². The molecule has 10 heteroatoms. The van der Waals surface area contributed by atoms with E-state index in [1.807, 2.05) is 13.8 Å². The topological polar surface area (TPSA) is 87.1 Å². The molecule has 0 N–H and O–H groups in total. The number of halogens is 1. The molecule has 0 aromatic heterocycles. The van der Waals surface area contributed by atoms with Gasteiger partial charge in [-0.15, -0.1) is 16.0 Å². The standard InChI is InChI=1S/C20H24ClN3O4S2/c1-16-4-8-18(9-5-16)29(25,26)22-20(14-21)23-12-3-13-24(15-23)30(27,28)19-10-6-17(2)7-11-19/h4-11H,3,12-15H2,1-2H3/b22-20+. The van der Waals surface area contributed by atoms with E-state index >= 15 is 0 Å². The Balaban J connectivity index is 1.86.